The molecule has 13 heavy (non-hydrogen) atoms. The summed E-state index contributed by atoms with van der Waals surface area (Å²) in [6.07, 6.45) is 1.63. The Labute approximate surface area is 77.3 Å². The molecule has 70 valence electrons. The molecule has 2 rings (SSSR count). The van der Waals surface area contributed by atoms with Crippen molar-refractivity contribution in [1.82, 2.24) is 10.2 Å². The molecule has 0 bridgehead atoms. The molecule has 0 aliphatic heterocycles. The lowest BCUT2D eigenvalue weighted by atomic mass is 10.0. The minimum Gasteiger partial charge on any atom is -0.275 e. The third-order valence-corrected chi connectivity index (χ3v) is 2.21. The number of hydrogen-bond donors (Lipinski definition) is 1. The number of aromatic amines is 1. The van der Waals surface area contributed by atoms with E-state index in [2.05, 4.69) is 10.2 Å². The van der Waals surface area contributed by atoms with E-state index in [0.29, 0.717) is 5.52 Å². The molecule has 0 saturated heterocycles. The fraction of sp³-hybridized carbons (Fsp3) is 0.300. The van der Waals surface area contributed by atoms with Gasteiger partial charge in [-0.2, -0.15) is 5.10 Å². The van der Waals surface area contributed by atoms with Gasteiger partial charge in [0.15, 0.2) is 5.82 Å². The number of nitrogens with zero attached hydrogens (tertiary/aromatic N) is 1. The Morgan fingerprint density at radius 3 is 2.92 bits per heavy atom. The average molecular weight is 180 g/mol. The molecule has 0 aliphatic rings. The maximum atomic E-state index is 13.7. The molecule has 2 nitrogen and oxygen atoms in total. The molecular weight excluding hydrogens is 167 g/mol. The van der Waals surface area contributed by atoms with Crippen molar-refractivity contribution in [3.8, 4) is 0 Å². The van der Waals surface area contributed by atoms with Crippen molar-refractivity contribution in [3.05, 3.63) is 29.7 Å². The first-order chi connectivity index (χ1) is 6.20. The van der Waals surface area contributed by atoms with E-state index in [1.165, 1.54) is 0 Å². The molecule has 0 saturated carbocycles. The van der Waals surface area contributed by atoms with Crippen LogP contribution in [0.25, 0.3) is 10.9 Å². The first-order valence-electron chi connectivity index (χ1n) is 4.31. The van der Waals surface area contributed by atoms with Gasteiger partial charge in [-0.3, -0.25) is 5.10 Å². The molecule has 2 aromatic rings. The largest absolute Gasteiger partial charge is 0.275 e. The lowest BCUT2D eigenvalue weighted by Gasteiger charge is -2.06. The third-order valence-electron chi connectivity index (χ3n) is 2.21. The molecule has 1 heterocycles. The van der Waals surface area contributed by atoms with Crippen molar-refractivity contribution >= 4 is 10.9 Å². The van der Waals surface area contributed by atoms with Crippen molar-refractivity contribution in [2.75, 3.05) is 0 Å². The molecule has 0 aliphatic carbocycles. The first kappa shape index (κ1) is 8.23. The van der Waals surface area contributed by atoms with Crippen molar-refractivity contribution in [1.29, 1.82) is 0 Å². The topological polar surface area (TPSA) is 28.7 Å². The highest BCUT2D eigenvalue weighted by molar-refractivity contribution is 5.79. The quantitative estimate of drug-likeness (QED) is 0.717. The van der Waals surface area contributed by atoms with Gasteiger partial charge in [0.25, 0.3) is 0 Å². The van der Waals surface area contributed by atoms with Gasteiger partial charge in [-0.25, -0.2) is 4.39 Å². The van der Waals surface area contributed by atoms with Crippen LogP contribution in [0.15, 0.2) is 18.3 Å². The number of hydrogen-bond acceptors (Lipinski definition) is 1. The van der Waals surface area contributed by atoms with Gasteiger partial charge in [0.05, 0.1) is 6.20 Å². The Morgan fingerprint density at radius 2 is 2.23 bits per heavy atom. The predicted molar refractivity (Wildman–Crippen MR) is 52.3 cm³/mol. The summed E-state index contributed by atoms with van der Waals surface area (Å²) in [5, 5.41) is 7.28. The van der Waals surface area contributed by atoms with Gasteiger partial charge in [-0.05, 0) is 11.5 Å². The molecule has 1 aromatic heterocycles. The molecule has 0 unspecified atom stereocenters. The molecule has 3 heteroatoms. The lowest BCUT2D eigenvalue weighted by Crippen LogP contribution is -1.93. The highest BCUT2D eigenvalue weighted by Gasteiger charge is 2.10. The van der Waals surface area contributed by atoms with Gasteiger partial charge in [0.2, 0.25) is 0 Å². The number of halogens is 1. The minimum absolute atomic E-state index is 0. The van der Waals surface area contributed by atoms with E-state index in [9.17, 15) is 4.39 Å². The normalized spacial score (nSPS) is 11.4. The predicted octanol–water partition coefficient (Wildman–Crippen LogP) is 3.07. The summed E-state index contributed by atoms with van der Waals surface area (Å²) < 4.78 is 13.7. The van der Waals surface area contributed by atoms with E-state index < -0.39 is 0 Å². The molecule has 1 aromatic carbocycles. The monoisotopic (exact) mass is 180 g/mol. The van der Waals surface area contributed by atoms with Crippen molar-refractivity contribution in [2.45, 2.75) is 19.8 Å². The standard InChI is InChI=1S/C10H11FN2.H2/c1-6(2)8-4-3-7-5-12-13-10(7)9(8)11;/h3-6H,1-2H3,(H,12,13);1H. The summed E-state index contributed by atoms with van der Waals surface area (Å²) in [5.41, 5.74) is 1.24. The van der Waals surface area contributed by atoms with E-state index in [-0.39, 0.29) is 13.2 Å². The van der Waals surface area contributed by atoms with Crippen LogP contribution in [0, 0.1) is 5.82 Å². The zero-order valence-electron chi connectivity index (χ0n) is 7.63. The maximum Gasteiger partial charge on any atom is 0.152 e. The van der Waals surface area contributed by atoms with Crippen molar-refractivity contribution in [3.63, 3.8) is 0 Å². The highest BCUT2D eigenvalue weighted by Crippen LogP contribution is 2.24. The Balaban J connectivity index is 0.000000980. The number of benzene rings is 1. The van der Waals surface area contributed by atoms with Crippen LogP contribution < -0.4 is 0 Å². The van der Waals surface area contributed by atoms with Crippen LogP contribution in [0.3, 0.4) is 0 Å². The number of H-pyrrole nitrogens is 1. The summed E-state index contributed by atoms with van der Waals surface area (Å²) in [7, 11) is 0. The van der Waals surface area contributed by atoms with Gasteiger partial charge < -0.3 is 0 Å². The van der Waals surface area contributed by atoms with Crippen molar-refractivity contribution in [2.24, 2.45) is 0 Å². The summed E-state index contributed by atoms with van der Waals surface area (Å²) in [5.74, 6) is 0.0256. The van der Waals surface area contributed by atoms with Gasteiger partial charge in [0, 0.05) is 6.81 Å². The van der Waals surface area contributed by atoms with E-state index in [0.717, 1.165) is 10.9 Å². The molecule has 1 N–H and O–H groups in total. The van der Waals surface area contributed by atoms with Crippen LogP contribution in [0.5, 0.6) is 0 Å². The first-order valence-corrected chi connectivity index (χ1v) is 4.31. The second-order valence-electron chi connectivity index (χ2n) is 3.46. The van der Waals surface area contributed by atoms with Crippen LogP contribution in [-0.2, 0) is 0 Å². The number of rotatable bonds is 1. The van der Waals surface area contributed by atoms with Gasteiger partial charge in [-0.15, -0.1) is 0 Å². The van der Waals surface area contributed by atoms with Gasteiger partial charge in [0.1, 0.15) is 5.52 Å². The Hall–Kier alpha value is -1.38. The summed E-state index contributed by atoms with van der Waals surface area (Å²) in [4.78, 5) is 0. The SMILES string of the molecule is CC(C)c1ccc2cn[nH]c2c1F.[HH]. The van der Waals surface area contributed by atoms with Crippen LogP contribution in [-0.4, -0.2) is 10.2 Å². The molecule has 0 atom stereocenters. The Kier molecular flexibility index (Phi) is 1.79. The number of fused-ring (bicyclic) bond motifs is 1. The number of nitrogens with one attached hydrogen (secondary N) is 1. The molecule has 0 radical (unpaired) electrons. The van der Waals surface area contributed by atoms with Gasteiger partial charge >= 0.3 is 0 Å². The van der Waals surface area contributed by atoms with Crippen LogP contribution in [0.4, 0.5) is 4.39 Å². The summed E-state index contributed by atoms with van der Waals surface area (Å²) in [6, 6.07) is 3.70. The number of aromatic nitrogens is 2. The second kappa shape index (κ2) is 2.83. The highest BCUT2D eigenvalue weighted by atomic mass is 19.1. The van der Waals surface area contributed by atoms with Crippen LogP contribution >= 0.6 is 0 Å². The molecule has 0 spiro atoms. The minimum atomic E-state index is -0.176. The Bertz CT molecular complexity index is 437. The fourth-order valence-corrected chi connectivity index (χ4v) is 1.44. The van der Waals surface area contributed by atoms with Crippen LogP contribution in [0.2, 0.25) is 0 Å². The second-order valence-corrected chi connectivity index (χ2v) is 3.46. The van der Waals surface area contributed by atoms with Crippen LogP contribution in [0.1, 0.15) is 26.8 Å². The van der Waals surface area contributed by atoms with Gasteiger partial charge in [-0.1, -0.05) is 26.0 Å². The summed E-state index contributed by atoms with van der Waals surface area (Å²) >= 11 is 0. The maximum absolute atomic E-state index is 13.7. The summed E-state index contributed by atoms with van der Waals surface area (Å²) in [6.45, 7) is 3.95. The van der Waals surface area contributed by atoms with E-state index in [1.807, 2.05) is 26.0 Å². The zero-order valence-corrected chi connectivity index (χ0v) is 7.63. The molecule has 0 amide bonds. The van der Waals surface area contributed by atoms with E-state index in [1.54, 1.807) is 6.20 Å². The Morgan fingerprint density at radius 1 is 1.46 bits per heavy atom. The zero-order chi connectivity index (χ0) is 9.42. The molecular formula is C10H13FN2. The van der Waals surface area contributed by atoms with E-state index >= 15 is 0 Å². The molecule has 0 fully saturated rings. The lowest BCUT2D eigenvalue weighted by molar-refractivity contribution is 0.607. The average Bonchev–Trinajstić information content (AvgIpc) is 2.52. The fourth-order valence-electron chi connectivity index (χ4n) is 1.44. The third kappa shape index (κ3) is 1.20. The smallest absolute Gasteiger partial charge is 0.152 e. The van der Waals surface area contributed by atoms with Crippen molar-refractivity contribution < 1.29 is 5.82 Å². The van der Waals surface area contributed by atoms with E-state index in [4.69, 9.17) is 0 Å².